The average Bonchev–Trinajstić information content (AvgIpc) is 2.85. The normalized spacial score (nSPS) is 23.2. The minimum Gasteiger partial charge on any atom is -0.494 e. The monoisotopic (exact) mass is 277 g/mol. The molecule has 4 nitrogen and oxygen atoms in total. The van der Waals surface area contributed by atoms with Gasteiger partial charge in [0, 0.05) is 25.0 Å². The lowest BCUT2D eigenvalue weighted by Crippen LogP contribution is -2.29. The molecule has 110 valence electrons. The number of benzene rings is 1. The number of aliphatic carboxylic acids is 1. The summed E-state index contributed by atoms with van der Waals surface area (Å²) in [6.07, 6.45) is 0. The fraction of sp³-hybridized carbons (Fsp3) is 0.562. The van der Waals surface area contributed by atoms with Crippen molar-refractivity contribution in [1.29, 1.82) is 0 Å². The van der Waals surface area contributed by atoms with Crippen LogP contribution in [0, 0.1) is 5.92 Å². The van der Waals surface area contributed by atoms with Gasteiger partial charge in [0.25, 0.3) is 0 Å². The summed E-state index contributed by atoms with van der Waals surface area (Å²) in [6, 6.07) is 8.22. The zero-order valence-electron chi connectivity index (χ0n) is 12.4. The molecule has 1 aliphatic heterocycles. The molecular formula is C16H23NO3. The van der Waals surface area contributed by atoms with Crippen LogP contribution in [0.25, 0.3) is 0 Å². The number of carbonyl (C=O) groups is 1. The smallest absolute Gasteiger partial charge is 0.308 e. The van der Waals surface area contributed by atoms with Gasteiger partial charge in [0.15, 0.2) is 0 Å². The molecule has 0 aromatic heterocycles. The van der Waals surface area contributed by atoms with Gasteiger partial charge in [-0.25, -0.2) is 0 Å². The van der Waals surface area contributed by atoms with Crippen molar-refractivity contribution in [1.82, 2.24) is 4.90 Å². The predicted molar refractivity (Wildman–Crippen MR) is 78.2 cm³/mol. The van der Waals surface area contributed by atoms with Gasteiger partial charge in [0.2, 0.25) is 0 Å². The molecule has 1 aliphatic rings. The van der Waals surface area contributed by atoms with Crippen molar-refractivity contribution in [2.75, 3.05) is 19.7 Å². The lowest BCUT2D eigenvalue weighted by Gasteiger charge is -2.20. The van der Waals surface area contributed by atoms with Gasteiger partial charge < -0.3 is 9.84 Å². The lowest BCUT2D eigenvalue weighted by atomic mass is 9.89. The molecule has 20 heavy (non-hydrogen) atoms. The van der Waals surface area contributed by atoms with Gasteiger partial charge in [-0.3, -0.25) is 9.69 Å². The topological polar surface area (TPSA) is 49.8 Å². The summed E-state index contributed by atoms with van der Waals surface area (Å²) in [5, 5.41) is 9.43. The Kier molecular flexibility index (Phi) is 4.65. The third-order valence-electron chi connectivity index (χ3n) is 4.01. The highest BCUT2D eigenvalue weighted by Crippen LogP contribution is 2.34. The summed E-state index contributed by atoms with van der Waals surface area (Å²) >= 11 is 0. The molecule has 1 fully saturated rings. The molecule has 2 atom stereocenters. The number of rotatable bonds is 5. The Balaban J connectivity index is 2.18. The van der Waals surface area contributed by atoms with Gasteiger partial charge in [0.05, 0.1) is 12.5 Å². The van der Waals surface area contributed by atoms with Crippen LogP contribution in [0.15, 0.2) is 24.3 Å². The molecule has 0 radical (unpaired) electrons. The second kappa shape index (κ2) is 6.27. The number of carboxylic acid groups (broad SMARTS) is 1. The fourth-order valence-corrected chi connectivity index (χ4v) is 2.82. The molecular weight excluding hydrogens is 254 g/mol. The molecule has 2 unspecified atom stereocenters. The second-order valence-corrected chi connectivity index (χ2v) is 5.60. The van der Waals surface area contributed by atoms with E-state index in [4.69, 9.17) is 4.74 Å². The van der Waals surface area contributed by atoms with E-state index in [9.17, 15) is 9.90 Å². The Labute approximate surface area is 120 Å². The highest BCUT2D eigenvalue weighted by Gasteiger charge is 2.39. The first-order valence-electron chi connectivity index (χ1n) is 7.22. The molecule has 0 amide bonds. The van der Waals surface area contributed by atoms with Crippen LogP contribution in [0.4, 0.5) is 0 Å². The largest absolute Gasteiger partial charge is 0.494 e. The molecule has 1 aromatic carbocycles. The van der Waals surface area contributed by atoms with Gasteiger partial charge in [-0.1, -0.05) is 12.1 Å². The van der Waals surface area contributed by atoms with Crippen molar-refractivity contribution >= 4 is 5.97 Å². The average molecular weight is 277 g/mol. The van der Waals surface area contributed by atoms with Crippen molar-refractivity contribution in [3.8, 4) is 5.75 Å². The molecule has 2 rings (SSSR count). The van der Waals surface area contributed by atoms with E-state index in [2.05, 4.69) is 18.7 Å². The molecule has 1 saturated heterocycles. The number of likely N-dealkylation sites (tertiary alicyclic amines) is 1. The van der Waals surface area contributed by atoms with Crippen LogP contribution in [-0.2, 0) is 4.79 Å². The third-order valence-corrected chi connectivity index (χ3v) is 4.01. The highest BCUT2D eigenvalue weighted by atomic mass is 16.5. The van der Waals surface area contributed by atoms with Crippen LogP contribution < -0.4 is 4.74 Å². The first-order chi connectivity index (χ1) is 9.52. The van der Waals surface area contributed by atoms with E-state index in [1.807, 2.05) is 31.2 Å². The van der Waals surface area contributed by atoms with Gasteiger partial charge in [-0.05, 0) is 38.5 Å². The molecule has 1 aromatic rings. The summed E-state index contributed by atoms with van der Waals surface area (Å²) < 4.78 is 5.43. The van der Waals surface area contributed by atoms with Crippen molar-refractivity contribution in [2.24, 2.45) is 5.92 Å². The summed E-state index contributed by atoms with van der Waals surface area (Å²) in [7, 11) is 0. The Bertz CT molecular complexity index is 455. The summed E-state index contributed by atoms with van der Waals surface area (Å²) in [5.41, 5.74) is 1.09. The maximum absolute atomic E-state index is 11.5. The summed E-state index contributed by atoms with van der Waals surface area (Å²) in [5.74, 6) is -0.130. The molecule has 1 N–H and O–H groups in total. The quantitative estimate of drug-likeness (QED) is 0.898. The van der Waals surface area contributed by atoms with Gasteiger partial charge in [0.1, 0.15) is 5.75 Å². The van der Waals surface area contributed by atoms with E-state index in [0.717, 1.165) is 17.9 Å². The van der Waals surface area contributed by atoms with Crippen molar-refractivity contribution in [3.63, 3.8) is 0 Å². The van der Waals surface area contributed by atoms with E-state index >= 15 is 0 Å². The Morgan fingerprint density at radius 3 is 2.50 bits per heavy atom. The number of carboxylic acids is 1. The zero-order valence-corrected chi connectivity index (χ0v) is 12.4. The van der Waals surface area contributed by atoms with Crippen molar-refractivity contribution < 1.29 is 14.6 Å². The highest BCUT2D eigenvalue weighted by molar-refractivity contribution is 5.72. The van der Waals surface area contributed by atoms with E-state index in [1.54, 1.807) is 0 Å². The number of nitrogens with zero attached hydrogens (tertiary/aromatic N) is 1. The molecule has 0 saturated carbocycles. The maximum atomic E-state index is 11.5. The van der Waals surface area contributed by atoms with Crippen LogP contribution in [0.1, 0.15) is 32.3 Å². The minimum absolute atomic E-state index is 0.0607. The van der Waals surface area contributed by atoms with Crippen molar-refractivity contribution in [3.05, 3.63) is 29.8 Å². The minimum atomic E-state index is -0.702. The van der Waals surface area contributed by atoms with Gasteiger partial charge >= 0.3 is 5.97 Å². The Morgan fingerprint density at radius 2 is 2.00 bits per heavy atom. The van der Waals surface area contributed by atoms with Gasteiger partial charge in [-0.2, -0.15) is 0 Å². The molecule has 0 bridgehead atoms. The lowest BCUT2D eigenvalue weighted by molar-refractivity contribution is -0.141. The first kappa shape index (κ1) is 14.9. The van der Waals surface area contributed by atoms with Crippen LogP contribution in [0.5, 0.6) is 5.75 Å². The summed E-state index contributed by atoms with van der Waals surface area (Å²) in [4.78, 5) is 13.7. The third kappa shape index (κ3) is 3.12. The number of ether oxygens (including phenoxy) is 1. The molecule has 0 aliphatic carbocycles. The first-order valence-corrected chi connectivity index (χ1v) is 7.22. The standard InChI is InChI=1S/C16H23NO3/c1-4-20-13-7-5-12(6-8-13)14-9-17(11(2)3)10-15(14)16(18)19/h5-8,11,14-15H,4,9-10H2,1-3H3,(H,18,19). The van der Waals surface area contributed by atoms with Gasteiger partial charge in [-0.15, -0.1) is 0 Å². The van der Waals surface area contributed by atoms with Crippen LogP contribution in [0.3, 0.4) is 0 Å². The Hall–Kier alpha value is -1.55. The maximum Gasteiger partial charge on any atom is 0.308 e. The second-order valence-electron chi connectivity index (χ2n) is 5.60. The fourth-order valence-electron chi connectivity index (χ4n) is 2.82. The predicted octanol–water partition coefficient (Wildman–Crippen LogP) is 2.59. The number of hydrogen-bond donors (Lipinski definition) is 1. The molecule has 4 heteroatoms. The van der Waals surface area contributed by atoms with Crippen molar-refractivity contribution in [2.45, 2.75) is 32.7 Å². The van der Waals surface area contributed by atoms with E-state index in [0.29, 0.717) is 19.2 Å². The van der Waals surface area contributed by atoms with E-state index < -0.39 is 5.97 Å². The number of hydrogen-bond acceptors (Lipinski definition) is 3. The van der Waals surface area contributed by atoms with Crippen LogP contribution >= 0.6 is 0 Å². The van der Waals surface area contributed by atoms with E-state index in [-0.39, 0.29) is 11.8 Å². The van der Waals surface area contributed by atoms with Crippen LogP contribution in [-0.4, -0.2) is 41.7 Å². The SMILES string of the molecule is CCOc1ccc(C2CN(C(C)C)CC2C(=O)O)cc1. The zero-order chi connectivity index (χ0) is 14.7. The molecule has 0 spiro atoms. The molecule has 1 heterocycles. The van der Waals surface area contributed by atoms with E-state index in [1.165, 1.54) is 0 Å². The van der Waals surface area contributed by atoms with Crippen LogP contribution in [0.2, 0.25) is 0 Å². The summed E-state index contributed by atoms with van der Waals surface area (Å²) in [6.45, 7) is 8.25. The Morgan fingerprint density at radius 1 is 1.35 bits per heavy atom.